The largest absolute Gasteiger partial charge is 0.487 e. The minimum Gasteiger partial charge on any atom is -0.487 e. The molecule has 0 aliphatic heterocycles. The second-order valence-electron chi connectivity index (χ2n) is 3.14. The van der Waals surface area contributed by atoms with Crippen LogP contribution in [0.25, 0.3) is 0 Å². The normalized spacial score (nSPS) is 10.6. The Kier molecular flexibility index (Phi) is 4.54. The summed E-state index contributed by atoms with van der Waals surface area (Å²) in [4.78, 5) is 0. The maximum Gasteiger partial charge on any atom is 0.203 e. The van der Waals surface area contributed by atoms with Crippen molar-refractivity contribution in [1.29, 1.82) is 0 Å². The van der Waals surface area contributed by atoms with Crippen LogP contribution in [-0.2, 0) is 0 Å². The van der Waals surface area contributed by atoms with Gasteiger partial charge in [-0.05, 0) is 19.4 Å². The van der Waals surface area contributed by atoms with Gasteiger partial charge in [0.05, 0.1) is 6.61 Å². The molecule has 0 saturated heterocycles. The van der Waals surface area contributed by atoms with Crippen LogP contribution in [0.3, 0.4) is 0 Å². The highest BCUT2D eigenvalue weighted by Gasteiger charge is 2.20. The van der Waals surface area contributed by atoms with Crippen molar-refractivity contribution < 1.29 is 22.3 Å². The van der Waals surface area contributed by atoms with Crippen LogP contribution in [0.5, 0.6) is 5.75 Å². The third kappa shape index (κ3) is 2.85. The molecule has 0 bridgehead atoms. The van der Waals surface area contributed by atoms with Gasteiger partial charge in [-0.25, -0.2) is 8.78 Å². The lowest BCUT2D eigenvalue weighted by atomic mass is 10.3. The van der Waals surface area contributed by atoms with Gasteiger partial charge in [0.1, 0.15) is 0 Å². The van der Waals surface area contributed by atoms with E-state index in [1.54, 1.807) is 0 Å². The highest BCUT2D eigenvalue weighted by Crippen LogP contribution is 2.26. The standard InChI is InChI=1S/C10H11F4NO/c11-6-5-7(12)9(14)10(8(6)13)16-4-2-1-3-15/h5H,1-4,15H2. The lowest BCUT2D eigenvalue weighted by Crippen LogP contribution is -2.07. The van der Waals surface area contributed by atoms with E-state index in [2.05, 4.69) is 4.74 Å². The molecule has 0 aromatic heterocycles. The van der Waals surface area contributed by atoms with E-state index in [-0.39, 0.29) is 12.7 Å². The van der Waals surface area contributed by atoms with Crippen LogP contribution in [0.2, 0.25) is 0 Å². The van der Waals surface area contributed by atoms with Crippen molar-refractivity contribution in [3.8, 4) is 5.75 Å². The van der Waals surface area contributed by atoms with Gasteiger partial charge in [-0.15, -0.1) is 0 Å². The predicted octanol–water partition coefficient (Wildman–Crippen LogP) is 2.36. The van der Waals surface area contributed by atoms with Crippen molar-refractivity contribution >= 4 is 0 Å². The zero-order chi connectivity index (χ0) is 12.1. The molecule has 1 rings (SSSR count). The fraction of sp³-hybridized carbons (Fsp3) is 0.400. The van der Waals surface area contributed by atoms with Crippen molar-refractivity contribution in [2.45, 2.75) is 12.8 Å². The fourth-order valence-electron chi connectivity index (χ4n) is 1.10. The minimum absolute atomic E-state index is 0.0477. The van der Waals surface area contributed by atoms with Gasteiger partial charge in [-0.3, -0.25) is 0 Å². The highest BCUT2D eigenvalue weighted by molar-refractivity contribution is 5.28. The number of unbranched alkanes of at least 4 members (excludes halogenated alkanes) is 1. The van der Waals surface area contributed by atoms with E-state index in [1.807, 2.05) is 0 Å². The molecule has 0 aliphatic carbocycles. The first kappa shape index (κ1) is 12.8. The summed E-state index contributed by atoms with van der Waals surface area (Å²) in [5.41, 5.74) is 5.19. The number of rotatable bonds is 5. The SMILES string of the molecule is NCCCCOc1c(F)c(F)cc(F)c1F. The summed E-state index contributed by atoms with van der Waals surface area (Å²) in [7, 11) is 0. The van der Waals surface area contributed by atoms with E-state index in [0.717, 1.165) is 0 Å². The Labute approximate surface area is 90.0 Å². The molecule has 16 heavy (non-hydrogen) atoms. The molecular formula is C10H11F4NO. The van der Waals surface area contributed by atoms with Gasteiger partial charge < -0.3 is 10.5 Å². The monoisotopic (exact) mass is 237 g/mol. The van der Waals surface area contributed by atoms with Gasteiger partial charge in [0.2, 0.25) is 11.6 Å². The lowest BCUT2D eigenvalue weighted by Gasteiger charge is -2.08. The van der Waals surface area contributed by atoms with E-state index in [9.17, 15) is 17.6 Å². The zero-order valence-electron chi connectivity index (χ0n) is 8.40. The van der Waals surface area contributed by atoms with Gasteiger partial charge in [-0.1, -0.05) is 0 Å². The molecule has 2 nitrogen and oxygen atoms in total. The van der Waals surface area contributed by atoms with Crippen LogP contribution in [0.15, 0.2) is 6.07 Å². The molecule has 90 valence electrons. The molecular weight excluding hydrogens is 226 g/mol. The predicted molar refractivity (Wildman–Crippen MR) is 50.1 cm³/mol. The van der Waals surface area contributed by atoms with Gasteiger partial charge in [0.15, 0.2) is 17.4 Å². The molecule has 0 aliphatic rings. The van der Waals surface area contributed by atoms with Crippen molar-refractivity contribution in [2.24, 2.45) is 5.73 Å². The molecule has 0 heterocycles. The topological polar surface area (TPSA) is 35.2 Å². The molecule has 0 amide bonds. The van der Waals surface area contributed by atoms with E-state index >= 15 is 0 Å². The molecule has 0 radical (unpaired) electrons. The third-order valence-corrected chi connectivity index (χ3v) is 1.92. The quantitative estimate of drug-likeness (QED) is 0.484. The van der Waals surface area contributed by atoms with E-state index in [0.29, 0.717) is 19.4 Å². The van der Waals surface area contributed by atoms with Crippen molar-refractivity contribution in [3.05, 3.63) is 29.3 Å². The van der Waals surface area contributed by atoms with Crippen molar-refractivity contribution in [2.75, 3.05) is 13.2 Å². The smallest absolute Gasteiger partial charge is 0.203 e. The Bertz CT molecular complexity index is 344. The Balaban J connectivity index is 2.78. The summed E-state index contributed by atoms with van der Waals surface area (Å²) in [6.45, 7) is 0.361. The second kappa shape index (κ2) is 5.69. The van der Waals surface area contributed by atoms with Gasteiger partial charge >= 0.3 is 0 Å². The van der Waals surface area contributed by atoms with Crippen LogP contribution in [0, 0.1) is 23.3 Å². The third-order valence-electron chi connectivity index (χ3n) is 1.92. The highest BCUT2D eigenvalue weighted by atomic mass is 19.2. The molecule has 1 aromatic carbocycles. The molecule has 0 spiro atoms. The number of ether oxygens (including phenoxy) is 1. The van der Waals surface area contributed by atoms with Crippen LogP contribution >= 0.6 is 0 Å². The summed E-state index contributed by atoms with van der Waals surface area (Å²) in [5, 5.41) is 0. The second-order valence-corrected chi connectivity index (χ2v) is 3.14. The number of hydrogen-bond donors (Lipinski definition) is 1. The van der Waals surface area contributed by atoms with Crippen LogP contribution < -0.4 is 10.5 Å². The summed E-state index contributed by atoms with van der Waals surface area (Å²) >= 11 is 0. The molecule has 1 aromatic rings. The molecule has 0 atom stereocenters. The van der Waals surface area contributed by atoms with Gasteiger partial charge in [0.25, 0.3) is 0 Å². The molecule has 2 N–H and O–H groups in total. The number of hydrogen-bond acceptors (Lipinski definition) is 2. The van der Waals surface area contributed by atoms with Gasteiger partial charge in [-0.2, -0.15) is 8.78 Å². The Hall–Kier alpha value is -1.30. The molecule has 0 saturated carbocycles. The first-order valence-electron chi connectivity index (χ1n) is 4.73. The van der Waals surface area contributed by atoms with Crippen LogP contribution in [0.1, 0.15) is 12.8 Å². The molecule has 0 fully saturated rings. The van der Waals surface area contributed by atoms with Crippen molar-refractivity contribution in [1.82, 2.24) is 0 Å². The summed E-state index contributed by atoms with van der Waals surface area (Å²) in [6.07, 6.45) is 1.05. The van der Waals surface area contributed by atoms with Crippen LogP contribution in [0.4, 0.5) is 17.6 Å². The average Bonchev–Trinajstić information content (AvgIpc) is 2.25. The van der Waals surface area contributed by atoms with E-state index in [1.165, 1.54) is 0 Å². The first-order valence-corrected chi connectivity index (χ1v) is 4.73. The number of nitrogens with two attached hydrogens (primary N) is 1. The maximum absolute atomic E-state index is 13.0. The van der Waals surface area contributed by atoms with Gasteiger partial charge in [0, 0.05) is 6.07 Å². The summed E-state index contributed by atoms with van der Waals surface area (Å²) in [6, 6.07) is 0.136. The number of halogens is 4. The fourth-order valence-corrected chi connectivity index (χ4v) is 1.10. The van der Waals surface area contributed by atoms with Crippen LogP contribution in [-0.4, -0.2) is 13.2 Å². The lowest BCUT2D eigenvalue weighted by molar-refractivity contribution is 0.265. The Morgan fingerprint density at radius 1 is 1.00 bits per heavy atom. The van der Waals surface area contributed by atoms with E-state index < -0.39 is 29.0 Å². The Morgan fingerprint density at radius 3 is 2.06 bits per heavy atom. The molecule has 0 unspecified atom stereocenters. The van der Waals surface area contributed by atoms with E-state index in [4.69, 9.17) is 5.73 Å². The van der Waals surface area contributed by atoms with Crippen molar-refractivity contribution in [3.63, 3.8) is 0 Å². The summed E-state index contributed by atoms with van der Waals surface area (Å²) < 4.78 is 56.1. The number of benzene rings is 1. The summed E-state index contributed by atoms with van der Waals surface area (Å²) in [5.74, 6) is -7.02. The maximum atomic E-state index is 13.0. The Morgan fingerprint density at radius 2 is 1.56 bits per heavy atom. The molecule has 6 heteroatoms. The average molecular weight is 237 g/mol. The first-order chi connectivity index (χ1) is 7.57. The zero-order valence-corrected chi connectivity index (χ0v) is 8.40. The minimum atomic E-state index is -1.52.